The van der Waals surface area contributed by atoms with Crippen molar-refractivity contribution in [3.63, 3.8) is 0 Å². The van der Waals surface area contributed by atoms with Crippen molar-refractivity contribution in [2.45, 2.75) is 77.2 Å². The molecule has 28 heavy (non-hydrogen) atoms. The first kappa shape index (κ1) is 22.6. The Hall–Kier alpha value is -1.68. The minimum atomic E-state index is -0.766. The molecule has 0 bridgehead atoms. The fourth-order valence-corrected chi connectivity index (χ4v) is 4.77. The largest absolute Gasteiger partial charge is 0.481 e. The number of allylic oxidation sites excluding steroid dienone is 4. The van der Waals surface area contributed by atoms with Gasteiger partial charge in [0.2, 0.25) is 0 Å². The molecule has 2 rings (SSSR count). The molecule has 0 saturated heterocycles. The number of unbranched alkanes of at least 4 members (excludes halogenated alkanes) is 1. The first-order valence-electron chi connectivity index (χ1n) is 10.7. The minimum absolute atomic E-state index is 0.00459. The Balaban J connectivity index is 1.86. The van der Waals surface area contributed by atoms with Gasteiger partial charge in [-0.15, -0.1) is 6.58 Å². The van der Waals surface area contributed by atoms with Crippen molar-refractivity contribution < 1.29 is 19.8 Å². The van der Waals surface area contributed by atoms with Crippen LogP contribution >= 0.6 is 0 Å². The van der Waals surface area contributed by atoms with E-state index >= 15 is 0 Å². The third-order valence-corrected chi connectivity index (χ3v) is 6.70. The van der Waals surface area contributed by atoms with Gasteiger partial charge in [0.25, 0.3) is 0 Å². The number of carboxylic acids is 1. The minimum Gasteiger partial charge on any atom is -0.481 e. The number of rotatable bonds is 12. The van der Waals surface area contributed by atoms with Crippen LogP contribution < -0.4 is 0 Å². The van der Waals surface area contributed by atoms with Crippen molar-refractivity contribution in [3.05, 3.63) is 37.0 Å². The van der Waals surface area contributed by atoms with Crippen molar-refractivity contribution in [1.82, 2.24) is 0 Å². The van der Waals surface area contributed by atoms with Gasteiger partial charge < -0.3 is 10.2 Å². The molecule has 2 saturated carbocycles. The lowest BCUT2D eigenvalue weighted by molar-refractivity contribution is -0.137. The number of aliphatic hydroxyl groups excluding tert-OH is 1. The number of hydrogen-bond donors (Lipinski definition) is 2. The summed E-state index contributed by atoms with van der Waals surface area (Å²) in [5.41, 5.74) is 0.0152. The second-order valence-corrected chi connectivity index (χ2v) is 8.71. The van der Waals surface area contributed by atoms with Crippen molar-refractivity contribution in [3.8, 4) is 0 Å². The van der Waals surface area contributed by atoms with Crippen LogP contribution in [0.15, 0.2) is 37.0 Å². The zero-order valence-electron chi connectivity index (χ0n) is 17.2. The van der Waals surface area contributed by atoms with Crippen LogP contribution in [0.4, 0.5) is 0 Å². The lowest BCUT2D eigenvalue weighted by Crippen LogP contribution is -2.40. The number of ketones is 1. The smallest absolute Gasteiger partial charge is 0.303 e. The van der Waals surface area contributed by atoms with Crippen LogP contribution in [0.3, 0.4) is 0 Å². The summed E-state index contributed by atoms with van der Waals surface area (Å²) < 4.78 is 0. The third kappa shape index (κ3) is 5.91. The third-order valence-electron chi connectivity index (χ3n) is 6.70. The quantitative estimate of drug-likeness (QED) is 0.361. The average molecular weight is 389 g/mol. The molecular formula is C24H36O4. The van der Waals surface area contributed by atoms with Crippen molar-refractivity contribution in [1.29, 1.82) is 0 Å². The summed E-state index contributed by atoms with van der Waals surface area (Å²) in [5.74, 6) is 0.111. The second kappa shape index (κ2) is 10.8. The van der Waals surface area contributed by atoms with Crippen molar-refractivity contribution >= 4 is 11.8 Å². The summed E-state index contributed by atoms with van der Waals surface area (Å²) in [5, 5.41) is 19.3. The van der Waals surface area contributed by atoms with Gasteiger partial charge in [0.15, 0.2) is 0 Å². The van der Waals surface area contributed by atoms with Gasteiger partial charge in [0, 0.05) is 24.2 Å². The number of hydrogen-bond acceptors (Lipinski definition) is 3. The topological polar surface area (TPSA) is 74.6 Å². The maximum atomic E-state index is 12.4. The molecule has 1 unspecified atom stereocenters. The molecule has 0 aliphatic heterocycles. The van der Waals surface area contributed by atoms with Crippen LogP contribution in [0, 0.1) is 23.2 Å². The molecule has 156 valence electrons. The van der Waals surface area contributed by atoms with Crippen LogP contribution in [0.2, 0.25) is 0 Å². The molecular weight excluding hydrogens is 352 g/mol. The van der Waals surface area contributed by atoms with E-state index in [1.54, 1.807) is 0 Å². The van der Waals surface area contributed by atoms with Crippen LogP contribution in [0.5, 0.6) is 0 Å². The Labute approximate surface area is 169 Å². The summed E-state index contributed by atoms with van der Waals surface area (Å²) in [4.78, 5) is 22.9. The van der Waals surface area contributed by atoms with E-state index in [1.807, 2.05) is 18.2 Å². The zero-order chi connectivity index (χ0) is 20.6. The standard InChI is InChI=1S/C24H36O4/c1-3-14-24(15-9-16-24)22(26)12-8-11-19-18(2)17-21(25)20(19)10-6-4-5-7-13-23(27)28/h3-4,6,8,11,18-20,22,26H,1,5,7,9-10,12-17H2,2H3,(H,27,28)/b6-4-,11-8+/t18-,19+,20-,22?/m1/s1. The summed E-state index contributed by atoms with van der Waals surface area (Å²) in [6, 6.07) is 0. The number of aliphatic hydroxyl groups is 1. The predicted octanol–water partition coefficient (Wildman–Crippen LogP) is 5.08. The van der Waals surface area contributed by atoms with Gasteiger partial charge in [-0.05, 0) is 56.8 Å². The molecule has 0 aromatic rings. The van der Waals surface area contributed by atoms with Gasteiger partial charge in [0.05, 0.1) is 6.10 Å². The number of aliphatic carboxylic acids is 1. The molecule has 4 heteroatoms. The highest BCUT2D eigenvalue weighted by molar-refractivity contribution is 5.84. The van der Waals surface area contributed by atoms with Gasteiger partial charge >= 0.3 is 5.97 Å². The lowest BCUT2D eigenvalue weighted by atomic mass is 9.62. The first-order valence-corrected chi connectivity index (χ1v) is 10.7. The molecule has 2 N–H and O–H groups in total. The van der Waals surface area contributed by atoms with Gasteiger partial charge in [-0.25, -0.2) is 0 Å². The van der Waals surface area contributed by atoms with E-state index < -0.39 is 5.97 Å². The van der Waals surface area contributed by atoms with E-state index in [2.05, 4.69) is 25.7 Å². The first-order chi connectivity index (χ1) is 13.4. The lowest BCUT2D eigenvalue weighted by Gasteiger charge is -2.45. The van der Waals surface area contributed by atoms with Gasteiger partial charge in [-0.1, -0.05) is 43.7 Å². The van der Waals surface area contributed by atoms with Gasteiger partial charge in [0.1, 0.15) is 5.78 Å². The van der Waals surface area contributed by atoms with Crippen LogP contribution in [-0.4, -0.2) is 28.1 Å². The fraction of sp³-hybridized carbons (Fsp3) is 0.667. The van der Waals surface area contributed by atoms with Gasteiger partial charge in [-0.2, -0.15) is 0 Å². The van der Waals surface area contributed by atoms with Gasteiger partial charge in [-0.3, -0.25) is 9.59 Å². The maximum Gasteiger partial charge on any atom is 0.303 e. The average Bonchev–Trinajstić information content (AvgIpc) is 2.87. The summed E-state index contributed by atoms with van der Waals surface area (Å²) >= 11 is 0. The Kier molecular flexibility index (Phi) is 8.68. The van der Waals surface area contributed by atoms with E-state index in [-0.39, 0.29) is 29.8 Å². The highest BCUT2D eigenvalue weighted by Crippen LogP contribution is 2.48. The van der Waals surface area contributed by atoms with E-state index in [0.717, 1.165) is 25.7 Å². The Morgan fingerprint density at radius 3 is 2.68 bits per heavy atom. The molecule has 2 fully saturated rings. The van der Waals surface area contributed by atoms with E-state index in [0.29, 0.717) is 37.4 Å². The summed E-state index contributed by atoms with van der Waals surface area (Å²) in [7, 11) is 0. The zero-order valence-corrected chi connectivity index (χ0v) is 17.2. The van der Waals surface area contributed by atoms with Crippen LogP contribution in [0.25, 0.3) is 0 Å². The molecule has 0 aromatic heterocycles. The van der Waals surface area contributed by atoms with Crippen LogP contribution in [-0.2, 0) is 9.59 Å². The Morgan fingerprint density at radius 2 is 2.07 bits per heavy atom. The highest BCUT2D eigenvalue weighted by Gasteiger charge is 2.42. The molecule has 0 heterocycles. The number of carboxylic acid groups (broad SMARTS) is 1. The Bertz CT molecular complexity index is 600. The van der Waals surface area contributed by atoms with Crippen molar-refractivity contribution in [2.24, 2.45) is 23.2 Å². The monoisotopic (exact) mass is 388 g/mol. The van der Waals surface area contributed by atoms with Crippen LogP contribution in [0.1, 0.15) is 71.1 Å². The number of carbonyl (C=O) groups is 2. The molecule has 2 aliphatic rings. The molecule has 2 aliphatic carbocycles. The Morgan fingerprint density at radius 1 is 1.32 bits per heavy atom. The molecule has 0 radical (unpaired) electrons. The predicted molar refractivity (Wildman–Crippen MR) is 112 cm³/mol. The van der Waals surface area contributed by atoms with E-state index in [4.69, 9.17) is 5.11 Å². The number of carbonyl (C=O) groups excluding carboxylic acids is 1. The fourth-order valence-electron chi connectivity index (χ4n) is 4.77. The molecule has 0 amide bonds. The number of Topliss-reactive ketones (excluding diaryl/α,β-unsaturated/α-hetero) is 1. The van der Waals surface area contributed by atoms with Crippen molar-refractivity contribution in [2.75, 3.05) is 0 Å². The summed E-state index contributed by atoms with van der Waals surface area (Å²) in [6.45, 7) is 5.97. The maximum absolute atomic E-state index is 12.4. The highest BCUT2D eigenvalue weighted by atomic mass is 16.4. The van der Waals surface area contributed by atoms with E-state index in [1.165, 1.54) is 6.42 Å². The normalized spacial score (nSPS) is 27.9. The molecule has 0 spiro atoms. The molecule has 0 aromatic carbocycles. The van der Waals surface area contributed by atoms with E-state index in [9.17, 15) is 14.7 Å². The SMILES string of the molecule is C=CCC1(C(O)C/C=C/[C@H]2[C@H](C)CC(=O)[C@@H]2C/C=C\CCCC(=O)O)CCC1. The summed E-state index contributed by atoms with van der Waals surface area (Å²) in [6.07, 6.45) is 17.6. The molecule has 4 atom stereocenters. The second-order valence-electron chi connectivity index (χ2n) is 8.71. The molecule has 4 nitrogen and oxygen atoms in total.